The Labute approximate surface area is 168 Å². The highest BCUT2D eigenvalue weighted by atomic mass is 28.4. The molecule has 148 valence electrons. The molecule has 1 aliphatic rings. The molecule has 0 saturated heterocycles. The molecule has 1 atom stereocenters. The number of benzene rings is 2. The van der Waals surface area contributed by atoms with Gasteiger partial charge in [0.25, 0.3) is 8.32 Å². The molecule has 1 N–H and O–H groups in total. The molecule has 4 nitrogen and oxygen atoms in total. The van der Waals surface area contributed by atoms with Crippen molar-refractivity contribution in [2.24, 2.45) is 0 Å². The number of amides is 1. The molecular formula is C23H29NO3Si. The summed E-state index contributed by atoms with van der Waals surface area (Å²) in [6.45, 7) is 8.27. The Hall–Kier alpha value is -2.24. The first-order valence-electron chi connectivity index (χ1n) is 9.78. The third-order valence-electron chi connectivity index (χ3n) is 5.68. The SMILES string of the molecule is CC(=O)NC1(CO[Si](c2ccccc2)(c2ccccc2)C(C)(C)C)CCC1=O. The average molecular weight is 396 g/mol. The second-order valence-electron chi connectivity index (χ2n) is 8.64. The van der Waals surface area contributed by atoms with E-state index < -0.39 is 13.9 Å². The van der Waals surface area contributed by atoms with Gasteiger partial charge < -0.3 is 9.74 Å². The molecule has 0 heterocycles. The first-order chi connectivity index (χ1) is 13.2. The predicted molar refractivity (Wildman–Crippen MR) is 114 cm³/mol. The van der Waals surface area contributed by atoms with E-state index in [4.69, 9.17) is 4.43 Å². The topological polar surface area (TPSA) is 55.4 Å². The first-order valence-corrected chi connectivity index (χ1v) is 11.7. The van der Waals surface area contributed by atoms with Crippen LogP contribution >= 0.6 is 0 Å². The van der Waals surface area contributed by atoms with Gasteiger partial charge in [0.2, 0.25) is 5.91 Å². The Morgan fingerprint density at radius 1 is 1.04 bits per heavy atom. The van der Waals surface area contributed by atoms with Gasteiger partial charge >= 0.3 is 0 Å². The molecule has 28 heavy (non-hydrogen) atoms. The van der Waals surface area contributed by atoms with Crippen LogP contribution in [0.5, 0.6) is 0 Å². The number of rotatable bonds is 6. The van der Waals surface area contributed by atoms with Crippen molar-refractivity contribution in [3.63, 3.8) is 0 Å². The fraction of sp³-hybridized carbons (Fsp3) is 0.391. The largest absolute Gasteiger partial charge is 0.405 e. The standard InChI is InChI=1S/C23H29NO3Si/c1-18(25)24-23(16-15-21(23)26)17-27-28(22(2,3)4,19-11-7-5-8-12-19)20-13-9-6-10-14-20/h5-14H,15-17H2,1-4H3,(H,24,25). The molecule has 1 amide bonds. The third kappa shape index (κ3) is 3.56. The fourth-order valence-corrected chi connectivity index (χ4v) is 8.80. The smallest absolute Gasteiger partial charge is 0.261 e. The summed E-state index contributed by atoms with van der Waals surface area (Å²) in [5.74, 6) is -0.139. The molecule has 2 aromatic rings. The Morgan fingerprint density at radius 3 is 1.86 bits per heavy atom. The van der Waals surface area contributed by atoms with Gasteiger partial charge in [-0.05, 0) is 21.8 Å². The molecule has 0 aliphatic heterocycles. The molecule has 0 spiro atoms. The molecule has 0 radical (unpaired) electrons. The summed E-state index contributed by atoms with van der Waals surface area (Å²) in [5, 5.41) is 5.04. The van der Waals surface area contributed by atoms with Gasteiger partial charge in [0.1, 0.15) is 5.54 Å². The minimum atomic E-state index is -2.73. The van der Waals surface area contributed by atoms with Crippen LogP contribution in [0, 0.1) is 0 Å². The van der Waals surface area contributed by atoms with Gasteiger partial charge in [0.15, 0.2) is 5.78 Å². The highest BCUT2D eigenvalue weighted by Crippen LogP contribution is 2.38. The number of Topliss-reactive ketones (excluding diaryl/α,β-unsaturated/α-hetero) is 1. The Morgan fingerprint density at radius 2 is 1.54 bits per heavy atom. The Kier molecular flexibility index (Phi) is 5.59. The van der Waals surface area contributed by atoms with Gasteiger partial charge in [-0.1, -0.05) is 81.4 Å². The van der Waals surface area contributed by atoms with Gasteiger partial charge in [-0.3, -0.25) is 9.59 Å². The molecule has 0 bridgehead atoms. The van der Waals surface area contributed by atoms with E-state index in [9.17, 15) is 9.59 Å². The second-order valence-corrected chi connectivity index (χ2v) is 12.9. The van der Waals surface area contributed by atoms with Crippen molar-refractivity contribution >= 4 is 30.4 Å². The second kappa shape index (κ2) is 7.64. The van der Waals surface area contributed by atoms with Gasteiger partial charge in [-0.25, -0.2) is 0 Å². The van der Waals surface area contributed by atoms with Gasteiger partial charge in [0.05, 0.1) is 6.61 Å². The van der Waals surface area contributed by atoms with Crippen LogP contribution in [0.2, 0.25) is 5.04 Å². The molecular weight excluding hydrogens is 366 g/mol. The van der Waals surface area contributed by atoms with Crippen molar-refractivity contribution in [2.75, 3.05) is 6.61 Å². The maximum Gasteiger partial charge on any atom is 0.261 e. The summed E-state index contributed by atoms with van der Waals surface area (Å²) >= 11 is 0. The van der Waals surface area contributed by atoms with Crippen LogP contribution < -0.4 is 15.7 Å². The normalized spacial score (nSPS) is 19.8. The van der Waals surface area contributed by atoms with Crippen LogP contribution in [0.4, 0.5) is 0 Å². The lowest BCUT2D eigenvalue weighted by Crippen LogP contribution is -2.71. The molecule has 0 aromatic heterocycles. The van der Waals surface area contributed by atoms with Crippen LogP contribution in [0.3, 0.4) is 0 Å². The van der Waals surface area contributed by atoms with E-state index in [1.807, 2.05) is 36.4 Å². The van der Waals surface area contributed by atoms with Crippen molar-refractivity contribution in [2.45, 2.75) is 51.1 Å². The summed E-state index contributed by atoms with van der Waals surface area (Å²) in [6.07, 6.45) is 1.12. The summed E-state index contributed by atoms with van der Waals surface area (Å²) in [7, 11) is -2.73. The molecule has 1 fully saturated rings. The van der Waals surface area contributed by atoms with E-state index in [-0.39, 0.29) is 23.3 Å². The van der Waals surface area contributed by atoms with Crippen LogP contribution in [0.15, 0.2) is 60.7 Å². The summed E-state index contributed by atoms with van der Waals surface area (Å²) < 4.78 is 6.85. The zero-order valence-corrected chi connectivity index (χ0v) is 18.1. The minimum Gasteiger partial charge on any atom is -0.405 e. The van der Waals surface area contributed by atoms with E-state index >= 15 is 0 Å². The molecule has 3 rings (SSSR count). The summed E-state index contributed by atoms with van der Waals surface area (Å²) in [6, 6.07) is 20.6. The van der Waals surface area contributed by atoms with Gasteiger partial charge in [0, 0.05) is 13.3 Å². The van der Waals surface area contributed by atoms with E-state index in [0.29, 0.717) is 12.8 Å². The number of carbonyl (C=O) groups excluding carboxylic acids is 2. The highest BCUT2D eigenvalue weighted by Gasteiger charge is 2.54. The van der Waals surface area contributed by atoms with E-state index in [1.54, 1.807) is 0 Å². The van der Waals surface area contributed by atoms with Crippen LogP contribution in [-0.4, -0.2) is 32.2 Å². The number of nitrogens with one attached hydrogen (secondary N) is 1. The van der Waals surface area contributed by atoms with Crippen molar-refractivity contribution in [3.8, 4) is 0 Å². The van der Waals surface area contributed by atoms with Crippen LogP contribution in [-0.2, 0) is 14.0 Å². The summed E-state index contributed by atoms with van der Waals surface area (Å²) in [5.41, 5.74) is -0.890. The predicted octanol–water partition coefficient (Wildman–Crippen LogP) is 2.80. The number of carbonyl (C=O) groups is 2. The van der Waals surface area contributed by atoms with Crippen LogP contribution in [0.25, 0.3) is 0 Å². The number of hydrogen-bond donors (Lipinski definition) is 1. The molecule has 5 heteroatoms. The zero-order chi connectivity index (χ0) is 20.4. The molecule has 1 aliphatic carbocycles. The van der Waals surface area contributed by atoms with Crippen molar-refractivity contribution in [1.29, 1.82) is 0 Å². The Bertz CT molecular complexity index is 806. The van der Waals surface area contributed by atoms with Crippen molar-refractivity contribution in [1.82, 2.24) is 5.32 Å². The lowest BCUT2D eigenvalue weighted by molar-refractivity contribution is -0.140. The number of hydrogen-bond acceptors (Lipinski definition) is 3. The number of ketones is 1. The quantitative estimate of drug-likeness (QED) is 0.765. The van der Waals surface area contributed by atoms with Gasteiger partial charge in [-0.2, -0.15) is 0 Å². The fourth-order valence-electron chi connectivity index (χ4n) is 4.18. The van der Waals surface area contributed by atoms with Crippen molar-refractivity contribution in [3.05, 3.63) is 60.7 Å². The monoisotopic (exact) mass is 395 g/mol. The minimum absolute atomic E-state index is 0.0561. The van der Waals surface area contributed by atoms with Gasteiger partial charge in [-0.15, -0.1) is 0 Å². The maximum absolute atomic E-state index is 12.4. The van der Waals surface area contributed by atoms with E-state index in [0.717, 1.165) is 0 Å². The third-order valence-corrected chi connectivity index (χ3v) is 10.7. The molecule has 1 saturated carbocycles. The van der Waals surface area contributed by atoms with Crippen molar-refractivity contribution < 1.29 is 14.0 Å². The maximum atomic E-state index is 12.4. The zero-order valence-electron chi connectivity index (χ0n) is 17.1. The molecule has 2 aromatic carbocycles. The van der Waals surface area contributed by atoms with E-state index in [2.05, 4.69) is 50.4 Å². The average Bonchev–Trinajstić information content (AvgIpc) is 2.66. The summed E-state index contributed by atoms with van der Waals surface area (Å²) in [4.78, 5) is 24.2. The first kappa shape index (κ1) is 20.5. The lowest BCUT2D eigenvalue weighted by Gasteiger charge is -2.47. The highest BCUT2D eigenvalue weighted by molar-refractivity contribution is 6.99. The van der Waals surface area contributed by atoms with E-state index in [1.165, 1.54) is 17.3 Å². The lowest BCUT2D eigenvalue weighted by atomic mass is 9.76. The molecule has 1 unspecified atom stereocenters. The Balaban J connectivity index is 2.09. The van der Waals surface area contributed by atoms with Crippen LogP contribution in [0.1, 0.15) is 40.5 Å².